The van der Waals surface area contributed by atoms with Gasteiger partial charge in [-0.15, -0.1) is 0 Å². The van der Waals surface area contributed by atoms with E-state index in [1.54, 1.807) is 18.6 Å². The van der Waals surface area contributed by atoms with Gasteiger partial charge in [0.15, 0.2) is 5.82 Å². The summed E-state index contributed by atoms with van der Waals surface area (Å²) >= 11 is 0. The lowest BCUT2D eigenvalue weighted by molar-refractivity contribution is 0.825. The Morgan fingerprint density at radius 2 is 1.72 bits per heavy atom. The van der Waals surface area contributed by atoms with Gasteiger partial charge in [-0.3, -0.25) is 9.97 Å². The number of nitrogens with zero attached hydrogens (tertiary/aromatic N) is 5. The van der Waals surface area contributed by atoms with Crippen LogP contribution in [0.4, 0.5) is 5.82 Å². The highest BCUT2D eigenvalue weighted by Gasteiger charge is 2.15. The van der Waals surface area contributed by atoms with Crippen molar-refractivity contribution in [3.63, 3.8) is 0 Å². The van der Waals surface area contributed by atoms with E-state index in [1.807, 2.05) is 54.7 Å². The summed E-state index contributed by atoms with van der Waals surface area (Å²) in [5.41, 5.74) is 9.75. The number of hydrazone groups is 1. The molecule has 0 saturated heterocycles. The molecule has 7 nitrogen and oxygen atoms in total. The molecule has 36 heavy (non-hydrogen) atoms. The first-order chi connectivity index (χ1) is 17.8. The number of hydrogen-bond acceptors (Lipinski definition) is 7. The van der Waals surface area contributed by atoms with Crippen LogP contribution in [0.1, 0.15) is 11.3 Å². The summed E-state index contributed by atoms with van der Waals surface area (Å²) in [4.78, 5) is 18.9. The summed E-state index contributed by atoms with van der Waals surface area (Å²) in [5.74, 6) is 1.37. The Hall–Kier alpha value is -4.91. The average Bonchev–Trinajstić information content (AvgIpc) is 2.97. The molecule has 2 N–H and O–H groups in total. The predicted octanol–water partition coefficient (Wildman–Crippen LogP) is 5.34. The monoisotopic (exact) mass is 469 g/mol. The summed E-state index contributed by atoms with van der Waals surface area (Å²) in [6.45, 7) is 1.23. The molecule has 0 saturated carbocycles. The van der Waals surface area contributed by atoms with Gasteiger partial charge in [-0.25, -0.2) is 9.97 Å². The summed E-state index contributed by atoms with van der Waals surface area (Å²) < 4.78 is 0. The lowest BCUT2D eigenvalue weighted by Gasteiger charge is -2.15. The molecule has 0 aliphatic carbocycles. The number of anilines is 1. The quantitative estimate of drug-likeness (QED) is 0.349. The van der Waals surface area contributed by atoms with Gasteiger partial charge in [-0.2, -0.15) is 5.10 Å². The Balaban J connectivity index is 1.48. The molecule has 6 rings (SSSR count). The summed E-state index contributed by atoms with van der Waals surface area (Å²) in [6.07, 6.45) is 9.32. The van der Waals surface area contributed by atoms with Crippen molar-refractivity contribution in [3.8, 4) is 22.5 Å². The van der Waals surface area contributed by atoms with Crippen molar-refractivity contribution in [3.05, 3.63) is 109 Å². The Labute approximate surface area is 208 Å². The number of aromatic nitrogens is 4. The normalized spacial score (nSPS) is 12.7. The fraction of sp³-hybridized carbons (Fsp3) is 0.0690. The van der Waals surface area contributed by atoms with Gasteiger partial charge >= 0.3 is 0 Å². The Morgan fingerprint density at radius 3 is 2.56 bits per heavy atom. The van der Waals surface area contributed by atoms with Gasteiger partial charge in [0.1, 0.15) is 5.82 Å². The van der Waals surface area contributed by atoms with Gasteiger partial charge in [0.05, 0.1) is 35.9 Å². The maximum absolute atomic E-state index is 5.00. The average molecular weight is 470 g/mol. The minimum Gasteiger partial charge on any atom is -0.364 e. The molecule has 0 radical (unpaired) electrons. The van der Waals surface area contributed by atoms with E-state index >= 15 is 0 Å². The first-order valence-corrected chi connectivity index (χ1v) is 11.8. The minimum absolute atomic E-state index is 0.546. The van der Waals surface area contributed by atoms with E-state index in [4.69, 9.17) is 9.97 Å². The molecule has 0 bridgehead atoms. The first-order valence-electron chi connectivity index (χ1n) is 11.8. The van der Waals surface area contributed by atoms with Gasteiger partial charge < -0.3 is 10.7 Å². The molecule has 2 aromatic carbocycles. The van der Waals surface area contributed by atoms with Crippen molar-refractivity contribution in [1.29, 1.82) is 0 Å². The number of pyridine rings is 2. The lowest BCUT2D eigenvalue weighted by atomic mass is 10.0. The third-order valence-corrected chi connectivity index (χ3v) is 6.01. The number of hydrogen-bond donors (Lipinski definition) is 2. The van der Waals surface area contributed by atoms with Gasteiger partial charge in [0.25, 0.3) is 0 Å². The van der Waals surface area contributed by atoms with Crippen LogP contribution in [0, 0.1) is 0 Å². The zero-order valence-electron chi connectivity index (χ0n) is 19.5. The molecule has 174 valence electrons. The van der Waals surface area contributed by atoms with Gasteiger partial charge in [0, 0.05) is 35.3 Å². The van der Waals surface area contributed by atoms with Crippen LogP contribution in [-0.2, 0) is 6.54 Å². The molecule has 0 unspecified atom stereocenters. The molecule has 7 heteroatoms. The number of benzene rings is 2. The van der Waals surface area contributed by atoms with E-state index in [-0.39, 0.29) is 0 Å². The van der Waals surface area contributed by atoms with Crippen molar-refractivity contribution in [2.24, 2.45) is 5.10 Å². The topological polar surface area (TPSA) is 88.0 Å². The van der Waals surface area contributed by atoms with Crippen LogP contribution in [0.2, 0.25) is 0 Å². The van der Waals surface area contributed by atoms with Crippen molar-refractivity contribution in [2.45, 2.75) is 6.54 Å². The van der Waals surface area contributed by atoms with Crippen molar-refractivity contribution in [1.82, 2.24) is 25.4 Å². The maximum Gasteiger partial charge on any atom is 0.163 e. The molecule has 0 fully saturated rings. The highest BCUT2D eigenvalue weighted by Crippen LogP contribution is 2.34. The number of rotatable bonds is 6. The SMILES string of the molecule is C1=NNCC=C1c1cncc(-c2nc(NCc3ccccn3)c3c(-c4ccccc4)cccc3n2)c1. The van der Waals surface area contributed by atoms with E-state index < -0.39 is 0 Å². The highest BCUT2D eigenvalue weighted by molar-refractivity contribution is 6.10. The van der Waals surface area contributed by atoms with E-state index in [0.29, 0.717) is 18.9 Å². The maximum atomic E-state index is 5.00. The second-order valence-electron chi connectivity index (χ2n) is 8.38. The highest BCUT2D eigenvalue weighted by atomic mass is 15.3. The number of allylic oxidation sites excluding steroid dienone is 1. The summed E-state index contributed by atoms with van der Waals surface area (Å²) in [5, 5.41) is 8.67. The second kappa shape index (κ2) is 9.76. The molecule has 0 spiro atoms. The lowest BCUT2D eigenvalue weighted by Crippen LogP contribution is -2.11. The molecule has 0 amide bonds. The van der Waals surface area contributed by atoms with E-state index in [1.165, 1.54) is 0 Å². The van der Waals surface area contributed by atoms with Gasteiger partial charge in [-0.1, -0.05) is 54.6 Å². The number of nitrogens with one attached hydrogen (secondary N) is 2. The third kappa shape index (κ3) is 4.42. The summed E-state index contributed by atoms with van der Waals surface area (Å²) in [6, 6.07) is 24.4. The molecule has 0 atom stereocenters. The van der Waals surface area contributed by atoms with Crippen LogP contribution in [0.15, 0.2) is 103 Å². The third-order valence-electron chi connectivity index (χ3n) is 6.01. The first kappa shape index (κ1) is 21.6. The van der Waals surface area contributed by atoms with Crippen LogP contribution in [0.25, 0.3) is 39.0 Å². The second-order valence-corrected chi connectivity index (χ2v) is 8.38. The molecule has 1 aliphatic rings. The Kier molecular flexibility index (Phi) is 5.86. The van der Waals surface area contributed by atoms with Crippen molar-refractivity contribution < 1.29 is 0 Å². The molecule has 5 aromatic rings. The van der Waals surface area contributed by atoms with Crippen LogP contribution in [0.3, 0.4) is 0 Å². The molecular weight excluding hydrogens is 446 g/mol. The standard InChI is InChI=1S/C29H23N7/c1-2-7-20(8-3-1)25-10-6-11-26-27(25)29(32-19-24-9-4-5-13-31-24)36-28(35-26)23-15-22(16-30-17-23)21-12-14-33-34-18-21/h1-13,15-18,33H,14,19H2,(H,32,35,36). The van der Waals surface area contributed by atoms with Crippen molar-refractivity contribution in [2.75, 3.05) is 11.9 Å². The van der Waals surface area contributed by atoms with Crippen LogP contribution in [-0.4, -0.2) is 32.7 Å². The van der Waals surface area contributed by atoms with E-state index in [9.17, 15) is 0 Å². The van der Waals surface area contributed by atoms with E-state index in [0.717, 1.165) is 50.2 Å². The zero-order chi connectivity index (χ0) is 24.2. The Morgan fingerprint density at radius 1 is 0.833 bits per heavy atom. The smallest absolute Gasteiger partial charge is 0.163 e. The fourth-order valence-corrected chi connectivity index (χ4v) is 4.26. The van der Waals surface area contributed by atoms with Crippen molar-refractivity contribution >= 4 is 28.5 Å². The molecular formula is C29H23N7. The molecule has 3 aromatic heterocycles. The van der Waals surface area contributed by atoms with Gasteiger partial charge in [-0.05, 0) is 35.4 Å². The minimum atomic E-state index is 0.546. The fourth-order valence-electron chi connectivity index (χ4n) is 4.26. The largest absolute Gasteiger partial charge is 0.364 e. The predicted molar refractivity (Wildman–Crippen MR) is 144 cm³/mol. The zero-order valence-corrected chi connectivity index (χ0v) is 19.5. The van der Waals surface area contributed by atoms with E-state index in [2.05, 4.69) is 56.2 Å². The molecule has 4 heterocycles. The number of fused-ring (bicyclic) bond motifs is 1. The van der Waals surface area contributed by atoms with Crippen LogP contribution < -0.4 is 10.7 Å². The van der Waals surface area contributed by atoms with Crippen LogP contribution in [0.5, 0.6) is 0 Å². The Bertz CT molecular complexity index is 1580. The van der Waals surface area contributed by atoms with Crippen LogP contribution >= 0.6 is 0 Å². The molecule has 1 aliphatic heterocycles. The van der Waals surface area contributed by atoms with Gasteiger partial charge in [0.2, 0.25) is 0 Å². The summed E-state index contributed by atoms with van der Waals surface area (Å²) in [7, 11) is 0.